The van der Waals surface area contributed by atoms with Crippen LogP contribution >= 0.6 is 11.6 Å². The number of nitrogens with zero attached hydrogens (tertiary/aromatic N) is 4. The van der Waals surface area contributed by atoms with Crippen LogP contribution in [0.15, 0.2) is 24.3 Å². The van der Waals surface area contributed by atoms with Gasteiger partial charge >= 0.3 is 0 Å². The van der Waals surface area contributed by atoms with Crippen LogP contribution in [0.4, 0.5) is 11.8 Å². The first kappa shape index (κ1) is 15.5. The molecular weight excluding hydrogens is 326 g/mol. The van der Waals surface area contributed by atoms with Crippen molar-refractivity contribution >= 4 is 23.4 Å². The Kier molecular flexibility index (Phi) is 4.16. The van der Waals surface area contributed by atoms with Crippen molar-refractivity contribution in [3.63, 3.8) is 0 Å². The van der Waals surface area contributed by atoms with E-state index in [0.29, 0.717) is 5.15 Å². The number of rotatable bonds is 3. The molecule has 0 radical (unpaired) electrons. The smallest absolute Gasteiger partial charge is 0.223 e. The van der Waals surface area contributed by atoms with E-state index in [4.69, 9.17) is 22.1 Å². The molecular formula is C17H20ClN5O. The minimum Gasteiger partial charge on any atom is -0.493 e. The van der Waals surface area contributed by atoms with Crippen LogP contribution in [0.1, 0.15) is 11.1 Å². The summed E-state index contributed by atoms with van der Waals surface area (Å²) in [4.78, 5) is 12.9. The highest BCUT2D eigenvalue weighted by Gasteiger charge is 2.20. The largest absolute Gasteiger partial charge is 0.493 e. The number of anilines is 2. The second-order valence-electron chi connectivity index (χ2n) is 6.21. The fourth-order valence-corrected chi connectivity index (χ4v) is 3.50. The van der Waals surface area contributed by atoms with Gasteiger partial charge in [0.05, 0.1) is 6.61 Å². The Morgan fingerprint density at radius 2 is 1.96 bits per heavy atom. The molecule has 7 heteroatoms. The van der Waals surface area contributed by atoms with Crippen LogP contribution in [0.3, 0.4) is 0 Å². The van der Waals surface area contributed by atoms with Crippen molar-refractivity contribution in [2.24, 2.45) is 0 Å². The van der Waals surface area contributed by atoms with Gasteiger partial charge in [0.25, 0.3) is 0 Å². The van der Waals surface area contributed by atoms with E-state index >= 15 is 0 Å². The van der Waals surface area contributed by atoms with Gasteiger partial charge in [-0.3, -0.25) is 4.90 Å². The Labute approximate surface area is 146 Å². The molecule has 3 heterocycles. The molecule has 4 rings (SSSR count). The first-order valence-electron chi connectivity index (χ1n) is 8.19. The quantitative estimate of drug-likeness (QED) is 0.858. The summed E-state index contributed by atoms with van der Waals surface area (Å²) in [6, 6.07) is 8.31. The van der Waals surface area contributed by atoms with Gasteiger partial charge in [-0.1, -0.05) is 23.7 Å². The summed E-state index contributed by atoms with van der Waals surface area (Å²) in [5, 5.41) is 0.389. The Bertz CT molecular complexity index is 726. The van der Waals surface area contributed by atoms with Crippen molar-refractivity contribution in [2.75, 3.05) is 43.4 Å². The predicted octanol–water partition coefficient (Wildman–Crippen LogP) is 1.97. The van der Waals surface area contributed by atoms with Crippen molar-refractivity contribution in [1.29, 1.82) is 0 Å². The number of nitrogens with two attached hydrogens (primary N) is 1. The van der Waals surface area contributed by atoms with Crippen LogP contribution in [0.25, 0.3) is 0 Å². The maximum atomic E-state index is 5.97. The van der Waals surface area contributed by atoms with Gasteiger partial charge in [0.1, 0.15) is 16.7 Å². The third-order valence-corrected chi connectivity index (χ3v) is 4.75. The summed E-state index contributed by atoms with van der Waals surface area (Å²) in [7, 11) is 0. The van der Waals surface area contributed by atoms with Crippen molar-refractivity contribution in [3.8, 4) is 5.75 Å². The maximum Gasteiger partial charge on any atom is 0.223 e. The SMILES string of the molecule is Nc1nc(Cl)cc(N2CCN(Cc3ccc4c(c3)CCO4)CC2)n1. The molecule has 1 aromatic carbocycles. The highest BCUT2D eigenvalue weighted by molar-refractivity contribution is 6.29. The lowest BCUT2D eigenvalue weighted by Gasteiger charge is -2.35. The van der Waals surface area contributed by atoms with Gasteiger partial charge in [0, 0.05) is 45.2 Å². The molecule has 2 aliphatic heterocycles. The van der Waals surface area contributed by atoms with E-state index in [1.54, 1.807) is 6.07 Å². The minimum atomic E-state index is 0.222. The first-order valence-corrected chi connectivity index (χ1v) is 8.57. The molecule has 6 nitrogen and oxygen atoms in total. The van der Waals surface area contributed by atoms with Crippen LogP contribution in [0, 0.1) is 0 Å². The fraction of sp³-hybridized carbons (Fsp3) is 0.412. The second kappa shape index (κ2) is 6.45. The topological polar surface area (TPSA) is 67.5 Å². The zero-order valence-electron chi connectivity index (χ0n) is 13.4. The van der Waals surface area contributed by atoms with Crippen molar-refractivity contribution in [3.05, 3.63) is 40.5 Å². The second-order valence-corrected chi connectivity index (χ2v) is 6.60. The van der Waals surface area contributed by atoms with Gasteiger partial charge < -0.3 is 15.4 Å². The number of benzene rings is 1. The summed E-state index contributed by atoms with van der Waals surface area (Å²) < 4.78 is 5.57. The van der Waals surface area contributed by atoms with E-state index in [-0.39, 0.29) is 5.95 Å². The van der Waals surface area contributed by atoms with Gasteiger partial charge in [-0.15, -0.1) is 0 Å². The summed E-state index contributed by atoms with van der Waals surface area (Å²) in [5.41, 5.74) is 8.37. The zero-order valence-corrected chi connectivity index (χ0v) is 14.2. The standard InChI is InChI=1S/C17H20ClN5O/c18-15-10-16(21-17(19)20-15)23-6-4-22(5-7-23)11-12-1-2-14-13(9-12)3-8-24-14/h1-2,9-10H,3-8,11H2,(H2,19,20,21). The average Bonchev–Trinajstić information content (AvgIpc) is 3.02. The Balaban J connectivity index is 1.37. The average molecular weight is 346 g/mol. The van der Waals surface area contributed by atoms with E-state index in [1.807, 2.05) is 0 Å². The summed E-state index contributed by atoms with van der Waals surface area (Å²) in [6.45, 7) is 5.54. The highest BCUT2D eigenvalue weighted by atomic mass is 35.5. The Hall–Kier alpha value is -2.05. The molecule has 2 aromatic rings. The highest BCUT2D eigenvalue weighted by Crippen LogP contribution is 2.26. The number of ether oxygens (including phenoxy) is 1. The van der Waals surface area contributed by atoms with E-state index < -0.39 is 0 Å². The van der Waals surface area contributed by atoms with E-state index in [9.17, 15) is 0 Å². The zero-order chi connectivity index (χ0) is 16.5. The molecule has 0 saturated carbocycles. The summed E-state index contributed by atoms with van der Waals surface area (Å²) in [6.07, 6.45) is 1.02. The number of halogens is 1. The van der Waals surface area contributed by atoms with Gasteiger partial charge in [-0.05, 0) is 17.2 Å². The lowest BCUT2D eigenvalue weighted by atomic mass is 10.1. The van der Waals surface area contributed by atoms with Crippen LogP contribution in [0.5, 0.6) is 5.75 Å². The molecule has 1 fully saturated rings. The van der Waals surface area contributed by atoms with Crippen LogP contribution in [-0.4, -0.2) is 47.7 Å². The van der Waals surface area contributed by atoms with Crippen LogP contribution < -0.4 is 15.4 Å². The van der Waals surface area contributed by atoms with E-state index in [2.05, 4.69) is 38.0 Å². The van der Waals surface area contributed by atoms with Gasteiger partial charge in [0.15, 0.2) is 0 Å². The molecule has 0 spiro atoms. The lowest BCUT2D eigenvalue weighted by Crippen LogP contribution is -2.46. The van der Waals surface area contributed by atoms with Gasteiger partial charge in [0.2, 0.25) is 5.95 Å². The van der Waals surface area contributed by atoms with Crippen LogP contribution in [0.2, 0.25) is 5.15 Å². The molecule has 2 aliphatic rings. The molecule has 1 aromatic heterocycles. The predicted molar refractivity (Wildman–Crippen MR) is 94.6 cm³/mol. The van der Waals surface area contributed by atoms with Crippen molar-refractivity contribution in [1.82, 2.24) is 14.9 Å². The van der Waals surface area contributed by atoms with Gasteiger partial charge in [-0.2, -0.15) is 4.98 Å². The third kappa shape index (κ3) is 3.25. The molecule has 0 amide bonds. The molecule has 126 valence electrons. The number of hydrogen-bond donors (Lipinski definition) is 1. The van der Waals surface area contributed by atoms with Crippen molar-refractivity contribution in [2.45, 2.75) is 13.0 Å². The molecule has 0 bridgehead atoms. The number of hydrogen-bond acceptors (Lipinski definition) is 6. The summed E-state index contributed by atoms with van der Waals surface area (Å²) >= 11 is 5.97. The van der Waals surface area contributed by atoms with E-state index in [0.717, 1.165) is 57.3 Å². The molecule has 0 unspecified atom stereocenters. The normalized spacial score (nSPS) is 17.6. The minimum absolute atomic E-state index is 0.222. The number of nitrogen functional groups attached to an aromatic ring is 1. The molecule has 0 atom stereocenters. The maximum absolute atomic E-state index is 5.97. The molecule has 24 heavy (non-hydrogen) atoms. The molecule has 2 N–H and O–H groups in total. The lowest BCUT2D eigenvalue weighted by molar-refractivity contribution is 0.249. The van der Waals surface area contributed by atoms with Crippen LogP contribution in [-0.2, 0) is 13.0 Å². The Morgan fingerprint density at radius 3 is 2.75 bits per heavy atom. The fourth-order valence-electron chi connectivity index (χ4n) is 3.32. The summed E-state index contributed by atoms with van der Waals surface area (Å²) in [5.74, 6) is 2.07. The molecule has 1 saturated heterocycles. The van der Waals surface area contributed by atoms with E-state index in [1.165, 1.54) is 11.1 Å². The molecule has 0 aliphatic carbocycles. The Morgan fingerprint density at radius 1 is 1.12 bits per heavy atom. The number of aromatic nitrogens is 2. The monoisotopic (exact) mass is 345 g/mol. The van der Waals surface area contributed by atoms with Gasteiger partial charge in [-0.25, -0.2) is 4.98 Å². The van der Waals surface area contributed by atoms with Crippen molar-refractivity contribution < 1.29 is 4.74 Å². The third-order valence-electron chi connectivity index (χ3n) is 4.55. The number of fused-ring (bicyclic) bond motifs is 1. The first-order chi connectivity index (χ1) is 11.7. The number of piperazine rings is 1.